The molecule has 1 aromatic heterocycles. The molecule has 1 aliphatic heterocycles. The van der Waals surface area contributed by atoms with E-state index in [1.165, 1.54) is 0 Å². The highest BCUT2D eigenvalue weighted by Gasteiger charge is 2.16. The Bertz CT molecular complexity index is 235. The van der Waals surface area contributed by atoms with E-state index in [2.05, 4.69) is 15.3 Å². The molecular formula is C8H11N3O. The van der Waals surface area contributed by atoms with Gasteiger partial charge >= 0.3 is 0 Å². The van der Waals surface area contributed by atoms with Gasteiger partial charge in [-0.05, 0) is 6.07 Å². The Kier molecular flexibility index (Phi) is 2.29. The van der Waals surface area contributed by atoms with Crippen LogP contribution >= 0.6 is 0 Å². The fourth-order valence-corrected chi connectivity index (χ4v) is 1.03. The molecular weight excluding hydrogens is 154 g/mol. The van der Waals surface area contributed by atoms with Crippen LogP contribution < -0.4 is 5.32 Å². The molecule has 0 unspecified atom stereocenters. The average molecular weight is 165 g/mol. The molecule has 0 saturated carbocycles. The van der Waals surface area contributed by atoms with Gasteiger partial charge < -0.3 is 10.1 Å². The van der Waals surface area contributed by atoms with Crippen LogP contribution in [0.15, 0.2) is 18.6 Å². The predicted octanol–water partition coefficient (Wildman–Crippen LogP) is -0.0350. The normalized spacial score (nSPS) is 17.3. The van der Waals surface area contributed by atoms with Crippen LogP contribution in [-0.2, 0) is 11.3 Å². The molecule has 2 heterocycles. The fraction of sp³-hybridized carbons (Fsp3) is 0.500. The van der Waals surface area contributed by atoms with Gasteiger partial charge in [0.2, 0.25) is 0 Å². The van der Waals surface area contributed by atoms with E-state index in [0.29, 0.717) is 6.04 Å². The molecule has 0 aliphatic carbocycles. The first-order valence-electron chi connectivity index (χ1n) is 4.01. The van der Waals surface area contributed by atoms with Crippen molar-refractivity contribution in [3.8, 4) is 0 Å². The molecule has 0 radical (unpaired) electrons. The van der Waals surface area contributed by atoms with E-state index in [1.54, 1.807) is 12.5 Å². The smallest absolute Gasteiger partial charge is 0.115 e. The lowest BCUT2D eigenvalue weighted by molar-refractivity contribution is -0.00591. The molecule has 4 nitrogen and oxygen atoms in total. The summed E-state index contributed by atoms with van der Waals surface area (Å²) in [6.45, 7) is 2.45. The molecule has 0 aromatic carbocycles. The van der Waals surface area contributed by atoms with Crippen LogP contribution in [0.3, 0.4) is 0 Å². The summed E-state index contributed by atoms with van der Waals surface area (Å²) in [5.74, 6) is 0. The second-order valence-corrected chi connectivity index (χ2v) is 2.82. The highest BCUT2D eigenvalue weighted by molar-refractivity contribution is 4.97. The van der Waals surface area contributed by atoms with Crippen LogP contribution in [0.2, 0.25) is 0 Å². The van der Waals surface area contributed by atoms with Crippen molar-refractivity contribution in [2.24, 2.45) is 0 Å². The van der Waals surface area contributed by atoms with Gasteiger partial charge in [-0.2, -0.15) is 0 Å². The largest absolute Gasteiger partial charge is 0.378 e. The third-order valence-electron chi connectivity index (χ3n) is 1.85. The monoisotopic (exact) mass is 165 g/mol. The van der Waals surface area contributed by atoms with E-state index in [1.807, 2.05) is 6.07 Å². The number of rotatable bonds is 3. The molecule has 64 valence electrons. The minimum Gasteiger partial charge on any atom is -0.378 e. The molecule has 1 fully saturated rings. The minimum absolute atomic E-state index is 0.514. The first-order valence-corrected chi connectivity index (χ1v) is 4.01. The van der Waals surface area contributed by atoms with E-state index in [4.69, 9.17) is 4.74 Å². The summed E-state index contributed by atoms with van der Waals surface area (Å²) in [6.07, 6.45) is 3.32. The van der Waals surface area contributed by atoms with Crippen molar-refractivity contribution >= 4 is 0 Å². The van der Waals surface area contributed by atoms with E-state index in [9.17, 15) is 0 Å². The molecule has 0 amide bonds. The predicted molar refractivity (Wildman–Crippen MR) is 43.5 cm³/mol. The quantitative estimate of drug-likeness (QED) is 0.683. The number of nitrogens with zero attached hydrogens (tertiary/aromatic N) is 2. The molecule has 1 N–H and O–H groups in total. The van der Waals surface area contributed by atoms with Gasteiger partial charge in [0.1, 0.15) is 6.33 Å². The third kappa shape index (κ3) is 1.78. The fourth-order valence-electron chi connectivity index (χ4n) is 1.03. The summed E-state index contributed by atoms with van der Waals surface area (Å²) in [5.41, 5.74) is 1.02. The van der Waals surface area contributed by atoms with Crippen LogP contribution in [0.4, 0.5) is 0 Å². The SMILES string of the molecule is c1cc(CNC2COC2)ncn1. The van der Waals surface area contributed by atoms with E-state index in [0.717, 1.165) is 25.5 Å². The summed E-state index contributed by atoms with van der Waals surface area (Å²) in [5, 5.41) is 3.32. The van der Waals surface area contributed by atoms with Gasteiger partial charge in [-0.1, -0.05) is 0 Å². The Morgan fingerprint density at radius 1 is 1.58 bits per heavy atom. The number of aromatic nitrogens is 2. The molecule has 1 aliphatic rings. The zero-order valence-corrected chi connectivity index (χ0v) is 6.73. The maximum absolute atomic E-state index is 5.03. The first kappa shape index (κ1) is 7.64. The Morgan fingerprint density at radius 2 is 2.50 bits per heavy atom. The van der Waals surface area contributed by atoms with Crippen LogP contribution in [-0.4, -0.2) is 29.2 Å². The Hall–Kier alpha value is -1.00. The first-order chi connectivity index (χ1) is 5.95. The third-order valence-corrected chi connectivity index (χ3v) is 1.85. The Balaban J connectivity index is 1.79. The Labute approximate surface area is 71.0 Å². The zero-order chi connectivity index (χ0) is 8.23. The standard InChI is InChI=1S/C8H11N3O/c1-2-9-6-11-7(1)3-10-8-4-12-5-8/h1-2,6,8,10H,3-5H2. The van der Waals surface area contributed by atoms with Crippen molar-refractivity contribution < 1.29 is 4.74 Å². The molecule has 0 spiro atoms. The number of hydrogen-bond donors (Lipinski definition) is 1. The van der Waals surface area contributed by atoms with Crippen LogP contribution in [0.5, 0.6) is 0 Å². The van der Waals surface area contributed by atoms with Gasteiger partial charge in [0, 0.05) is 12.7 Å². The number of hydrogen-bond acceptors (Lipinski definition) is 4. The molecule has 2 rings (SSSR count). The zero-order valence-electron chi connectivity index (χ0n) is 6.73. The molecule has 0 atom stereocenters. The average Bonchev–Trinajstić information content (AvgIpc) is 2.04. The van der Waals surface area contributed by atoms with Gasteiger partial charge in [0.25, 0.3) is 0 Å². The lowest BCUT2D eigenvalue weighted by Crippen LogP contribution is -2.45. The van der Waals surface area contributed by atoms with Crippen molar-refractivity contribution in [2.75, 3.05) is 13.2 Å². The summed E-state index contributed by atoms with van der Waals surface area (Å²) in [4.78, 5) is 7.94. The van der Waals surface area contributed by atoms with Crippen molar-refractivity contribution in [3.05, 3.63) is 24.3 Å². The van der Waals surface area contributed by atoms with Crippen LogP contribution in [0, 0.1) is 0 Å². The summed E-state index contributed by atoms with van der Waals surface area (Å²) in [7, 11) is 0. The van der Waals surface area contributed by atoms with Gasteiger partial charge in [-0.25, -0.2) is 9.97 Å². The summed E-state index contributed by atoms with van der Waals surface area (Å²) < 4.78 is 5.03. The van der Waals surface area contributed by atoms with Crippen molar-refractivity contribution in [3.63, 3.8) is 0 Å². The van der Waals surface area contributed by atoms with Crippen molar-refractivity contribution in [2.45, 2.75) is 12.6 Å². The maximum atomic E-state index is 5.03. The summed E-state index contributed by atoms with van der Waals surface area (Å²) >= 11 is 0. The molecule has 1 aromatic rings. The van der Waals surface area contributed by atoms with Gasteiger partial charge in [0.15, 0.2) is 0 Å². The van der Waals surface area contributed by atoms with E-state index in [-0.39, 0.29) is 0 Å². The maximum Gasteiger partial charge on any atom is 0.115 e. The molecule has 4 heteroatoms. The minimum atomic E-state index is 0.514. The van der Waals surface area contributed by atoms with E-state index >= 15 is 0 Å². The van der Waals surface area contributed by atoms with Crippen molar-refractivity contribution in [1.29, 1.82) is 0 Å². The highest BCUT2D eigenvalue weighted by Crippen LogP contribution is 2.00. The van der Waals surface area contributed by atoms with Crippen LogP contribution in [0.25, 0.3) is 0 Å². The lowest BCUT2D eigenvalue weighted by Gasteiger charge is -2.26. The van der Waals surface area contributed by atoms with Crippen LogP contribution in [0.1, 0.15) is 5.69 Å². The second-order valence-electron chi connectivity index (χ2n) is 2.82. The van der Waals surface area contributed by atoms with Gasteiger partial charge in [-0.15, -0.1) is 0 Å². The van der Waals surface area contributed by atoms with E-state index < -0.39 is 0 Å². The van der Waals surface area contributed by atoms with Crippen molar-refractivity contribution in [1.82, 2.24) is 15.3 Å². The topological polar surface area (TPSA) is 47.0 Å². The number of ether oxygens (including phenoxy) is 1. The molecule has 0 bridgehead atoms. The highest BCUT2D eigenvalue weighted by atomic mass is 16.5. The van der Waals surface area contributed by atoms with Gasteiger partial charge in [0.05, 0.1) is 24.9 Å². The molecule has 1 saturated heterocycles. The Morgan fingerprint density at radius 3 is 3.08 bits per heavy atom. The lowest BCUT2D eigenvalue weighted by atomic mass is 10.2. The summed E-state index contributed by atoms with van der Waals surface area (Å²) in [6, 6.07) is 2.42. The molecule has 12 heavy (non-hydrogen) atoms. The second kappa shape index (κ2) is 3.60. The van der Waals surface area contributed by atoms with Gasteiger partial charge in [-0.3, -0.25) is 0 Å². The number of nitrogens with one attached hydrogen (secondary N) is 1.